The molecule has 0 aliphatic heterocycles. The van der Waals surface area contributed by atoms with E-state index in [2.05, 4.69) is 20.7 Å². The maximum atomic E-state index is 12.3. The second-order valence-corrected chi connectivity index (χ2v) is 7.89. The molecule has 0 unspecified atom stereocenters. The molecule has 0 saturated carbocycles. The molecule has 0 bridgehead atoms. The molecule has 2 aromatic heterocycles. The van der Waals surface area contributed by atoms with Crippen LogP contribution in [-0.4, -0.2) is 21.1 Å². The van der Waals surface area contributed by atoms with E-state index in [9.17, 15) is 8.78 Å². The lowest BCUT2D eigenvalue weighted by Gasteiger charge is -2.03. The Balaban J connectivity index is 1.55. The highest BCUT2D eigenvalue weighted by Gasteiger charge is 2.09. The number of anilines is 2. The summed E-state index contributed by atoms with van der Waals surface area (Å²) in [6.45, 7) is 1.87. The summed E-state index contributed by atoms with van der Waals surface area (Å²) in [4.78, 5) is 0.520. The van der Waals surface area contributed by atoms with Crippen LogP contribution >= 0.6 is 34.9 Å². The van der Waals surface area contributed by atoms with Crippen molar-refractivity contribution in [3.8, 4) is 0 Å². The fourth-order valence-corrected chi connectivity index (χ4v) is 3.93. The van der Waals surface area contributed by atoms with Gasteiger partial charge in [-0.1, -0.05) is 40.0 Å². The van der Waals surface area contributed by atoms with Crippen molar-refractivity contribution in [1.82, 2.24) is 15.4 Å². The van der Waals surface area contributed by atoms with E-state index in [-0.39, 0.29) is 0 Å². The maximum absolute atomic E-state index is 12.3. The van der Waals surface area contributed by atoms with Crippen molar-refractivity contribution >= 4 is 45.7 Å². The highest BCUT2D eigenvalue weighted by atomic mass is 32.2. The molecular formula is C14H12F2N4OS3. The second-order valence-electron chi connectivity index (χ2n) is 4.62. The number of nitrogens with zero attached hydrogens (tertiary/aromatic N) is 3. The van der Waals surface area contributed by atoms with E-state index in [4.69, 9.17) is 4.52 Å². The van der Waals surface area contributed by atoms with Gasteiger partial charge in [0.15, 0.2) is 4.34 Å². The Morgan fingerprint density at radius 2 is 2.04 bits per heavy atom. The number of alkyl halides is 2. The van der Waals surface area contributed by atoms with E-state index in [1.54, 1.807) is 24.3 Å². The Morgan fingerprint density at radius 1 is 1.25 bits per heavy atom. The highest BCUT2D eigenvalue weighted by Crippen LogP contribution is 2.31. The number of aryl methyl sites for hydroxylation is 1. The van der Waals surface area contributed by atoms with E-state index in [0.717, 1.165) is 21.5 Å². The molecule has 0 fully saturated rings. The van der Waals surface area contributed by atoms with Gasteiger partial charge in [-0.15, -0.1) is 10.2 Å². The number of thioether (sulfide) groups is 2. The Labute approximate surface area is 149 Å². The Morgan fingerprint density at radius 3 is 2.71 bits per heavy atom. The van der Waals surface area contributed by atoms with Crippen LogP contribution in [0.1, 0.15) is 11.5 Å². The molecule has 10 heteroatoms. The third-order valence-electron chi connectivity index (χ3n) is 2.75. The number of hydrogen-bond donors (Lipinski definition) is 1. The quantitative estimate of drug-likeness (QED) is 0.561. The van der Waals surface area contributed by atoms with E-state index < -0.39 is 5.76 Å². The summed E-state index contributed by atoms with van der Waals surface area (Å²) in [6, 6.07) is 8.63. The molecule has 0 aliphatic carbocycles. The highest BCUT2D eigenvalue weighted by molar-refractivity contribution is 8.00. The van der Waals surface area contributed by atoms with Crippen molar-refractivity contribution in [1.29, 1.82) is 0 Å². The van der Waals surface area contributed by atoms with E-state index in [0.29, 0.717) is 27.5 Å². The molecule has 0 aliphatic rings. The summed E-state index contributed by atoms with van der Waals surface area (Å²) < 4.78 is 30.5. The van der Waals surface area contributed by atoms with Crippen LogP contribution in [-0.2, 0) is 5.75 Å². The summed E-state index contributed by atoms with van der Waals surface area (Å²) in [7, 11) is 0. The first-order chi connectivity index (χ1) is 11.6. The first-order valence-electron chi connectivity index (χ1n) is 6.79. The number of hydrogen-bond acceptors (Lipinski definition) is 8. The van der Waals surface area contributed by atoms with Gasteiger partial charge in [0.05, 0.1) is 11.4 Å². The number of benzene rings is 1. The van der Waals surface area contributed by atoms with Crippen molar-refractivity contribution < 1.29 is 13.3 Å². The van der Waals surface area contributed by atoms with Crippen molar-refractivity contribution in [3.63, 3.8) is 0 Å². The number of aromatic nitrogens is 3. The molecule has 24 heavy (non-hydrogen) atoms. The lowest BCUT2D eigenvalue weighted by Crippen LogP contribution is -1.89. The van der Waals surface area contributed by atoms with Crippen LogP contribution in [0.4, 0.5) is 19.6 Å². The molecule has 3 rings (SSSR count). The molecule has 0 amide bonds. The third kappa shape index (κ3) is 4.92. The van der Waals surface area contributed by atoms with Gasteiger partial charge in [0.1, 0.15) is 5.76 Å². The fraction of sp³-hybridized carbons (Fsp3) is 0.214. The zero-order valence-electron chi connectivity index (χ0n) is 12.4. The number of rotatable bonds is 7. The molecule has 1 N–H and O–H groups in total. The standard InChI is InChI=1S/C14H12F2N4OS3/c1-8-6-10(21-20-8)7-22-14-19-18-13(24-14)17-9-2-4-11(5-3-9)23-12(15)16/h2-6,12H,7H2,1H3,(H,17,18). The summed E-state index contributed by atoms with van der Waals surface area (Å²) in [6.07, 6.45) is 0. The molecular weight excluding hydrogens is 374 g/mol. The Hall–Kier alpha value is -1.65. The van der Waals surface area contributed by atoms with Crippen LogP contribution in [0.3, 0.4) is 0 Å². The van der Waals surface area contributed by atoms with Crippen LogP contribution in [0.2, 0.25) is 0 Å². The van der Waals surface area contributed by atoms with Gasteiger partial charge in [0, 0.05) is 16.6 Å². The van der Waals surface area contributed by atoms with Gasteiger partial charge in [-0.3, -0.25) is 0 Å². The Kier molecular flexibility index (Phi) is 5.69. The van der Waals surface area contributed by atoms with Crippen LogP contribution in [0.15, 0.2) is 44.1 Å². The molecule has 0 radical (unpaired) electrons. The van der Waals surface area contributed by atoms with Crippen molar-refractivity contribution in [2.24, 2.45) is 0 Å². The van der Waals surface area contributed by atoms with Crippen LogP contribution in [0.5, 0.6) is 0 Å². The zero-order valence-corrected chi connectivity index (χ0v) is 14.9. The largest absolute Gasteiger partial charge is 0.360 e. The predicted molar refractivity (Wildman–Crippen MR) is 92.3 cm³/mol. The minimum Gasteiger partial charge on any atom is -0.360 e. The molecule has 0 atom stereocenters. The fourth-order valence-electron chi connectivity index (χ4n) is 1.78. The lowest BCUT2D eigenvalue weighted by atomic mass is 10.3. The minimum absolute atomic E-state index is 0.520. The van der Waals surface area contributed by atoms with Crippen molar-refractivity contribution in [2.45, 2.75) is 27.7 Å². The van der Waals surface area contributed by atoms with Gasteiger partial charge in [-0.25, -0.2) is 0 Å². The molecule has 0 saturated heterocycles. The topological polar surface area (TPSA) is 63.8 Å². The second kappa shape index (κ2) is 7.95. The van der Waals surface area contributed by atoms with E-state index in [1.807, 2.05) is 13.0 Å². The number of nitrogens with one attached hydrogen (secondary N) is 1. The van der Waals surface area contributed by atoms with Crippen molar-refractivity contribution in [2.75, 3.05) is 5.32 Å². The molecule has 3 aromatic rings. The van der Waals surface area contributed by atoms with Gasteiger partial charge in [-0.2, -0.15) is 8.78 Å². The van der Waals surface area contributed by atoms with Gasteiger partial charge < -0.3 is 9.84 Å². The first kappa shape index (κ1) is 17.2. The van der Waals surface area contributed by atoms with Crippen LogP contribution in [0, 0.1) is 6.92 Å². The first-order valence-corrected chi connectivity index (χ1v) is 9.47. The normalized spacial score (nSPS) is 11.2. The minimum atomic E-state index is -2.42. The summed E-state index contributed by atoms with van der Waals surface area (Å²) >= 11 is 3.44. The van der Waals surface area contributed by atoms with Crippen LogP contribution < -0.4 is 5.32 Å². The SMILES string of the molecule is Cc1cc(CSc2nnc(Nc3ccc(SC(F)F)cc3)s2)on1. The Bertz CT molecular complexity index is 791. The maximum Gasteiger partial charge on any atom is 0.288 e. The molecule has 0 spiro atoms. The summed E-state index contributed by atoms with van der Waals surface area (Å²) in [5, 5.41) is 15.7. The third-order valence-corrected chi connectivity index (χ3v) is 5.47. The summed E-state index contributed by atoms with van der Waals surface area (Å²) in [5.74, 6) is -0.997. The lowest BCUT2D eigenvalue weighted by molar-refractivity contribution is 0.252. The molecule has 5 nitrogen and oxygen atoms in total. The average Bonchev–Trinajstić information content (AvgIpc) is 3.16. The average molecular weight is 386 g/mol. The van der Waals surface area contributed by atoms with Crippen molar-refractivity contribution in [3.05, 3.63) is 41.8 Å². The van der Waals surface area contributed by atoms with E-state index in [1.165, 1.54) is 23.1 Å². The molecule has 2 heterocycles. The number of halogens is 2. The molecule has 126 valence electrons. The van der Waals surface area contributed by atoms with Gasteiger partial charge in [-0.05, 0) is 31.2 Å². The van der Waals surface area contributed by atoms with Gasteiger partial charge in [0.2, 0.25) is 5.13 Å². The van der Waals surface area contributed by atoms with Gasteiger partial charge >= 0.3 is 0 Å². The summed E-state index contributed by atoms with van der Waals surface area (Å²) in [5.41, 5.74) is 1.62. The molecule has 1 aromatic carbocycles. The van der Waals surface area contributed by atoms with E-state index >= 15 is 0 Å². The predicted octanol–water partition coefficient (Wildman–Crippen LogP) is 5.19. The smallest absolute Gasteiger partial charge is 0.288 e. The zero-order chi connectivity index (χ0) is 16.9. The monoisotopic (exact) mass is 386 g/mol. The van der Waals surface area contributed by atoms with Crippen LogP contribution in [0.25, 0.3) is 0 Å². The van der Waals surface area contributed by atoms with Gasteiger partial charge in [0.25, 0.3) is 5.76 Å².